The van der Waals surface area contributed by atoms with Gasteiger partial charge >= 0.3 is 0 Å². The van der Waals surface area contributed by atoms with Crippen molar-refractivity contribution in [3.05, 3.63) is 16.7 Å². The van der Waals surface area contributed by atoms with E-state index in [-0.39, 0.29) is 5.75 Å². The largest absolute Gasteiger partial charge is 0.507 e. The lowest BCUT2D eigenvalue weighted by molar-refractivity contribution is 0.477. The number of nitrogens with zero attached hydrogens (tertiary/aromatic N) is 1. The van der Waals surface area contributed by atoms with Crippen LogP contribution in [0.25, 0.3) is 0 Å². The van der Waals surface area contributed by atoms with Crippen LogP contribution < -0.4 is 5.59 Å². The summed E-state index contributed by atoms with van der Waals surface area (Å²) >= 11 is 3.17. The Morgan fingerprint density at radius 2 is 2.22 bits per heavy atom. The van der Waals surface area contributed by atoms with Crippen molar-refractivity contribution < 1.29 is 5.11 Å². The summed E-state index contributed by atoms with van der Waals surface area (Å²) in [5.74, 6) is 0.234. The fourth-order valence-electron chi connectivity index (χ4n) is 0.523. The summed E-state index contributed by atoms with van der Waals surface area (Å²) in [6.45, 7) is 0. The van der Waals surface area contributed by atoms with Crippen LogP contribution in [-0.4, -0.2) is 17.9 Å². The normalized spacial score (nSPS) is 9.44. The summed E-state index contributed by atoms with van der Waals surface area (Å²) < 4.78 is 0.748. The fraction of sp³-hybridized carbons (Fsp3) is 0. The molecule has 0 amide bonds. The maximum atomic E-state index is 8.96. The molecule has 0 aliphatic carbocycles. The van der Waals surface area contributed by atoms with Gasteiger partial charge < -0.3 is 5.11 Å². The summed E-state index contributed by atoms with van der Waals surface area (Å²) in [5.41, 5.74) is 0.643. The third-order valence-corrected chi connectivity index (χ3v) is 1.47. The van der Waals surface area contributed by atoms with Crippen molar-refractivity contribution in [1.82, 2.24) is 4.98 Å². The minimum atomic E-state index is 0.234. The van der Waals surface area contributed by atoms with E-state index < -0.39 is 0 Å². The second-order valence-corrected chi connectivity index (χ2v) is 2.55. The number of hydrogen-bond donors (Lipinski definition) is 1. The number of pyridine rings is 1. The molecule has 0 saturated heterocycles. The Morgan fingerprint density at radius 3 is 2.67 bits per heavy atom. The van der Waals surface area contributed by atoms with Crippen LogP contribution in [0, 0.1) is 0 Å². The average molecular weight is 186 g/mol. The molecule has 1 heterocycles. The molecule has 2 nitrogen and oxygen atoms in total. The van der Waals surface area contributed by atoms with Crippen LogP contribution in [0.15, 0.2) is 16.7 Å². The van der Waals surface area contributed by atoms with E-state index in [9.17, 15) is 0 Å². The van der Waals surface area contributed by atoms with Gasteiger partial charge in [-0.3, -0.25) is 4.98 Å². The van der Waals surface area contributed by atoms with Crippen LogP contribution in [0.5, 0.6) is 5.75 Å². The van der Waals surface area contributed by atoms with Gasteiger partial charge in [-0.05, 0) is 28.1 Å². The van der Waals surface area contributed by atoms with Gasteiger partial charge in [0, 0.05) is 5.59 Å². The van der Waals surface area contributed by atoms with Crippen molar-refractivity contribution in [2.45, 2.75) is 0 Å². The van der Waals surface area contributed by atoms with Gasteiger partial charge in [-0.25, -0.2) is 0 Å². The lowest BCUT2D eigenvalue weighted by Gasteiger charge is -1.95. The smallest absolute Gasteiger partial charge is 0.169 e. The molecule has 0 atom stereocenters. The first-order chi connectivity index (χ1) is 4.20. The molecular weight excluding hydrogens is 181 g/mol. The van der Waals surface area contributed by atoms with E-state index in [0.29, 0.717) is 5.59 Å². The summed E-state index contributed by atoms with van der Waals surface area (Å²) in [6.07, 6.45) is 0. The van der Waals surface area contributed by atoms with Crippen LogP contribution in [0.4, 0.5) is 0 Å². The zero-order chi connectivity index (χ0) is 6.85. The number of halogens is 1. The van der Waals surface area contributed by atoms with Gasteiger partial charge in [0.2, 0.25) is 0 Å². The Morgan fingerprint density at radius 1 is 1.56 bits per heavy atom. The Bertz CT molecular complexity index is 228. The van der Waals surface area contributed by atoms with Crippen LogP contribution in [0.1, 0.15) is 0 Å². The lowest BCUT2D eigenvalue weighted by Crippen LogP contribution is -2.07. The van der Waals surface area contributed by atoms with Crippen LogP contribution in [0.2, 0.25) is 0 Å². The number of aromatic nitrogens is 1. The van der Waals surface area contributed by atoms with Crippen LogP contribution in [-0.2, 0) is 0 Å². The van der Waals surface area contributed by atoms with Crippen LogP contribution >= 0.6 is 15.9 Å². The minimum absolute atomic E-state index is 0.234. The summed E-state index contributed by atoms with van der Waals surface area (Å²) in [5, 5.41) is 8.96. The molecule has 0 unspecified atom stereocenters. The van der Waals surface area contributed by atoms with Crippen molar-refractivity contribution >= 4 is 29.4 Å². The quantitative estimate of drug-likeness (QED) is 0.449. The Labute approximate surface area is 62.5 Å². The first kappa shape index (κ1) is 6.61. The lowest BCUT2D eigenvalue weighted by atomic mass is 10.0. The highest BCUT2D eigenvalue weighted by atomic mass is 79.9. The molecule has 0 saturated carbocycles. The second kappa shape index (κ2) is 2.39. The van der Waals surface area contributed by atoms with Gasteiger partial charge in [-0.1, -0.05) is 0 Å². The molecule has 0 aliphatic rings. The molecule has 0 aliphatic heterocycles. The maximum absolute atomic E-state index is 8.96. The monoisotopic (exact) mass is 185 g/mol. The van der Waals surface area contributed by atoms with Gasteiger partial charge in [0.15, 0.2) is 7.85 Å². The molecule has 0 fully saturated rings. The molecule has 1 aromatic rings. The molecule has 1 rings (SSSR count). The first-order valence-electron chi connectivity index (χ1n) is 2.52. The molecule has 9 heavy (non-hydrogen) atoms. The topological polar surface area (TPSA) is 33.1 Å². The van der Waals surface area contributed by atoms with Crippen molar-refractivity contribution in [2.24, 2.45) is 0 Å². The van der Waals surface area contributed by atoms with Gasteiger partial charge in [-0.2, -0.15) is 0 Å². The number of aromatic hydroxyl groups is 1. The Balaban J connectivity index is 3.17. The van der Waals surface area contributed by atoms with Crippen molar-refractivity contribution in [3.63, 3.8) is 0 Å². The molecule has 46 valence electrons. The van der Waals surface area contributed by atoms with E-state index in [4.69, 9.17) is 5.11 Å². The molecule has 1 aromatic heterocycles. The van der Waals surface area contributed by atoms with E-state index in [2.05, 4.69) is 20.9 Å². The van der Waals surface area contributed by atoms with E-state index in [1.807, 2.05) is 0 Å². The van der Waals surface area contributed by atoms with E-state index in [1.165, 1.54) is 0 Å². The third-order valence-electron chi connectivity index (χ3n) is 1.02. The fourth-order valence-corrected chi connectivity index (χ4v) is 0.921. The molecule has 0 spiro atoms. The van der Waals surface area contributed by atoms with E-state index in [0.717, 1.165) is 4.60 Å². The number of rotatable bonds is 0. The molecule has 0 bridgehead atoms. The van der Waals surface area contributed by atoms with Gasteiger partial charge in [0.05, 0.1) is 0 Å². The third kappa shape index (κ3) is 1.45. The first-order valence-corrected chi connectivity index (χ1v) is 3.31. The minimum Gasteiger partial charge on any atom is -0.507 e. The van der Waals surface area contributed by atoms with Crippen LogP contribution in [0.3, 0.4) is 0 Å². The molecule has 4 heteroatoms. The molecule has 1 N–H and O–H groups in total. The van der Waals surface area contributed by atoms with Crippen molar-refractivity contribution in [1.29, 1.82) is 0 Å². The average Bonchev–Trinajstić information content (AvgIpc) is 1.80. The highest BCUT2D eigenvalue weighted by molar-refractivity contribution is 9.10. The molecular formula is C5H5BBrNO. The zero-order valence-corrected chi connectivity index (χ0v) is 6.51. The molecule has 0 radical (unpaired) electrons. The SMILES string of the molecule is Bc1nc(Br)ccc1O. The zero-order valence-electron chi connectivity index (χ0n) is 4.93. The van der Waals surface area contributed by atoms with E-state index >= 15 is 0 Å². The second-order valence-electron chi connectivity index (χ2n) is 1.74. The van der Waals surface area contributed by atoms with E-state index in [1.54, 1.807) is 20.0 Å². The Kier molecular flexibility index (Phi) is 1.76. The van der Waals surface area contributed by atoms with Gasteiger partial charge in [-0.15, -0.1) is 0 Å². The molecule has 0 aromatic carbocycles. The van der Waals surface area contributed by atoms with Gasteiger partial charge in [0.25, 0.3) is 0 Å². The maximum Gasteiger partial charge on any atom is 0.169 e. The number of hydrogen-bond acceptors (Lipinski definition) is 2. The van der Waals surface area contributed by atoms with Gasteiger partial charge in [0.1, 0.15) is 10.4 Å². The summed E-state index contributed by atoms with van der Waals surface area (Å²) in [6, 6.07) is 3.30. The summed E-state index contributed by atoms with van der Waals surface area (Å²) in [4.78, 5) is 3.94. The standard InChI is InChI=1S/C5H5BBrNO/c6-5-3(9)1-2-4(7)8-5/h1-2,9H,6H2. The highest BCUT2D eigenvalue weighted by Crippen LogP contribution is 2.07. The van der Waals surface area contributed by atoms with Crippen molar-refractivity contribution in [3.8, 4) is 5.75 Å². The highest BCUT2D eigenvalue weighted by Gasteiger charge is 1.94. The predicted octanol–water partition coefficient (Wildman–Crippen LogP) is -0.192. The predicted molar refractivity (Wildman–Crippen MR) is 41.8 cm³/mol. The summed E-state index contributed by atoms with van der Waals surface area (Å²) in [7, 11) is 1.75. The Hall–Kier alpha value is -0.505. The van der Waals surface area contributed by atoms with Crippen molar-refractivity contribution in [2.75, 3.05) is 0 Å².